The number of ether oxygens (including phenoxy) is 1. The van der Waals surface area contributed by atoms with Crippen molar-refractivity contribution in [3.8, 4) is 5.75 Å². The molecule has 2 aromatic rings. The number of aryl methyl sites for hydroxylation is 1. The Morgan fingerprint density at radius 1 is 1.25 bits per heavy atom. The number of aromatic nitrogens is 1. The fraction of sp³-hybridized carbons (Fsp3) is 0.273. The van der Waals surface area contributed by atoms with Gasteiger partial charge in [-0.05, 0) is 30.7 Å². The van der Waals surface area contributed by atoms with E-state index in [9.17, 15) is 13.2 Å². The summed E-state index contributed by atoms with van der Waals surface area (Å²) in [6.45, 7) is 1.45. The number of methoxy groups -OCH3 is 1. The van der Waals surface area contributed by atoms with E-state index in [1.807, 2.05) is 0 Å². The van der Waals surface area contributed by atoms with Crippen molar-refractivity contribution in [3.63, 3.8) is 0 Å². The molecule has 0 aliphatic heterocycles. The van der Waals surface area contributed by atoms with E-state index in [0.29, 0.717) is 16.7 Å². The minimum atomic E-state index is -4.35. The predicted octanol–water partition coefficient (Wildman–Crippen LogP) is 3.50. The highest BCUT2D eigenvalue weighted by Gasteiger charge is 2.35. The third-order valence-corrected chi connectivity index (χ3v) is 2.55. The molecular formula is C11H10F3NO. The van der Waals surface area contributed by atoms with Gasteiger partial charge in [-0.3, -0.25) is 0 Å². The van der Waals surface area contributed by atoms with Gasteiger partial charge in [0, 0.05) is 10.9 Å². The number of rotatable bonds is 1. The lowest BCUT2D eigenvalue weighted by atomic mass is 10.1. The van der Waals surface area contributed by atoms with Crippen molar-refractivity contribution in [2.24, 2.45) is 0 Å². The summed E-state index contributed by atoms with van der Waals surface area (Å²) in [6, 6.07) is 4.80. The number of alkyl halides is 3. The number of H-pyrrole nitrogens is 1. The van der Waals surface area contributed by atoms with Gasteiger partial charge >= 0.3 is 6.18 Å². The molecule has 0 saturated heterocycles. The molecule has 0 bridgehead atoms. The number of fused-ring (bicyclic) bond motifs is 1. The summed E-state index contributed by atoms with van der Waals surface area (Å²) in [5.41, 5.74) is -0.0391. The van der Waals surface area contributed by atoms with Crippen LogP contribution in [0.5, 0.6) is 5.75 Å². The Morgan fingerprint density at radius 2 is 1.94 bits per heavy atom. The second kappa shape index (κ2) is 3.43. The molecular weight excluding hydrogens is 219 g/mol. The van der Waals surface area contributed by atoms with E-state index >= 15 is 0 Å². The van der Waals surface area contributed by atoms with Crippen molar-refractivity contribution in [1.29, 1.82) is 0 Å². The van der Waals surface area contributed by atoms with Crippen molar-refractivity contribution in [3.05, 3.63) is 29.5 Å². The molecule has 0 fully saturated rings. The van der Waals surface area contributed by atoms with Gasteiger partial charge in [-0.2, -0.15) is 13.2 Å². The molecule has 16 heavy (non-hydrogen) atoms. The molecule has 0 atom stereocenters. The Hall–Kier alpha value is -1.65. The van der Waals surface area contributed by atoms with Crippen LogP contribution in [0.1, 0.15) is 11.3 Å². The number of hydrogen-bond acceptors (Lipinski definition) is 1. The van der Waals surface area contributed by atoms with Crippen molar-refractivity contribution in [2.45, 2.75) is 13.1 Å². The monoisotopic (exact) mass is 229 g/mol. The maximum atomic E-state index is 12.6. The predicted molar refractivity (Wildman–Crippen MR) is 54.6 cm³/mol. The maximum absolute atomic E-state index is 12.6. The van der Waals surface area contributed by atoms with Crippen LogP contribution in [-0.4, -0.2) is 12.1 Å². The van der Waals surface area contributed by atoms with Crippen LogP contribution in [0.4, 0.5) is 13.2 Å². The summed E-state index contributed by atoms with van der Waals surface area (Å²) in [5.74, 6) is 0.545. The van der Waals surface area contributed by atoms with E-state index in [4.69, 9.17) is 4.74 Å². The number of nitrogens with one attached hydrogen (secondary N) is 1. The maximum Gasteiger partial charge on any atom is 0.431 e. The number of aromatic amines is 1. The van der Waals surface area contributed by atoms with Gasteiger partial charge in [-0.15, -0.1) is 0 Å². The van der Waals surface area contributed by atoms with E-state index in [1.165, 1.54) is 14.0 Å². The summed E-state index contributed by atoms with van der Waals surface area (Å²) in [5, 5.41) is 0.534. The molecule has 0 amide bonds. The molecule has 5 heteroatoms. The normalized spacial score (nSPS) is 12.1. The van der Waals surface area contributed by atoms with Crippen molar-refractivity contribution < 1.29 is 17.9 Å². The molecule has 1 aromatic heterocycles. The summed E-state index contributed by atoms with van der Waals surface area (Å²) in [7, 11) is 1.48. The molecule has 1 heterocycles. The largest absolute Gasteiger partial charge is 0.497 e. The standard InChI is InChI=1S/C11H10F3NO/c1-6-8-5-7(16-2)3-4-9(8)15-10(6)11(12,13)14/h3-5,15H,1-2H3. The van der Waals surface area contributed by atoms with Crippen LogP contribution in [0.25, 0.3) is 10.9 Å². The minimum Gasteiger partial charge on any atom is -0.497 e. The fourth-order valence-corrected chi connectivity index (χ4v) is 1.72. The molecule has 2 nitrogen and oxygen atoms in total. The van der Waals surface area contributed by atoms with Crippen molar-refractivity contribution in [1.82, 2.24) is 4.98 Å². The third kappa shape index (κ3) is 1.62. The SMILES string of the molecule is COc1ccc2[nH]c(C(F)(F)F)c(C)c2c1. The lowest BCUT2D eigenvalue weighted by molar-refractivity contribution is -0.141. The number of benzene rings is 1. The molecule has 0 radical (unpaired) electrons. The minimum absolute atomic E-state index is 0.196. The van der Waals surface area contributed by atoms with Gasteiger partial charge in [0.25, 0.3) is 0 Å². The van der Waals surface area contributed by atoms with Crippen LogP contribution in [0.15, 0.2) is 18.2 Å². The zero-order chi connectivity index (χ0) is 11.9. The van der Waals surface area contributed by atoms with E-state index in [2.05, 4.69) is 4.98 Å². The van der Waals surface area contributed by atoms with Gasteiger partial charge in [0.1, 0.15) is 11.4 Å². The van der Waals surface area contributed by atoms with E-state index in [1.54, 1.807) is 18.2 Å². The highest BCUT2D eigenvalue weighted by molar-refractivity contribution is 5.86. The molecule has 0 aliphatic rings. The van der Waals surface area contributed by atoms with Gasteiger partial charge in [0.15, 0.2) is 0 Å². The molecule has 1 aromatic carbocycles. The second-order valence-corrected chi connectivity index (χ2v) is 3.53. The van der Waals surface area contributed by atoms with Gasteiger partial charge in [-0.1, -0.05) is 0 Å². The highest BCUT2D eigenvalue weighted by atomic mass is 19.4. The average Bonchev–Trinajstić information content (AvgIpc) is 2.55. The molecule has 0 saturated carbocycles. The Morgan fingerprint density at radius 3 is 2.50 bits per heavy atom. The Bertz CT molecular complexity index is 528. The zero-order valence-electron chi connectivity index (χ0n) is 8.77. The quantitative estimate of drug-likeness (QED) is 0.795. The topological polar surface area (TPSA) is 25.0 Å². The first-order valence-corrected chi connectivity index (χ1v) is 4.67. The van der Waals surface area contributed by atoms with Crippen molar-refractivity contribution >= 4 is 10.9 Å². The summed E-state index contributed by atoms with van der Waals surface area (Å²) in [4.78, 5) is 2.37. The molecule has 86 valence electrons. The van der Waals surface area contributed by atoms with Gasteiger partial charge in [-0.25, -0.2) is 0 Å². The van der Waals surface area contributed by atoms with Gasteiger partial charge in [0.05, 0.1) is 7.11 Å². The Labute approximate surface area is 90.0 Å². The van der Waals surface area contributed by atoms with E-state index < -0.39 is 11.9 Å². The average molecular weight is 229 g/mol. The Kier molecular flexibility index (Phi) is 2.33. The first kappa shape index (κ1) is 10.9. The van der Waals surface area contributed by atoms with Crippen LogP contribution in [0, 0.1) is 6.92 Å². The second-order valence-electron chi connectivity index (χ2n) is 3.53. The molecule has 0 aliphatic carbocycles. The zero-order valence-corrected chi connectivity index (χ0v) is 8.77. The van der Waals surface area contributed by atoms with E-state index in [0.717, 1.165) is 0 Å². The fourth-order valence-electron chi connectivity index (χ4n) is 1.72. The van der Waals surface area contributed by atoms with Crippen LogP contribution in [0.2, 0.25) is 0 Å². The van der Waals surface area contributed by atoms with Crippen molar-refractivity contribution in [2.75, 3.05) is 7.11 Å². The van der Waals surface area contributed by atoms with Crippen LogP contribution in [-0.2, 0) is 6.18 Å². The smallest absolute Gasteiger partial charge is 0.431 e. The number of hydrogen-bond donors (Lipinski definition) is 1. The number of halogens is 3. The molecule has 2 rings (SSSR count). The molecule has 0 unspecified atom stereocenters. The lowest BCUT2D eigenvalue weighted by Gasteiger charge is -2.04. The summed E-state index contributed by atoms with van der Waals surface area (Å²) < 4.78 is 42.8. The Balaban J connectivity index is 2.69. The summed E-state index contributed by atoms with van der Waals surface area (Å²) >= 11 is 0. The van der Waals surface area contributed by atoms with E-state index in [-0.39, 0.29) is 5.56 Å². The lowest BCUT2D eigenvalue weighted by Crippen LogP contribution is -2.06. The molecule has 1 N–H and O–H groups in total. The van der Waals surface area contributed by atoms with Crippen LogP contribution in [0.3, 0.4) is 0 Å². The van der Waals surface area contributed by atoms with Crippen LogP contribution < -0.4 is 4.74 Å². The first-order valence-electron chi connectivity index (χ1n) is 4.67. The molecule has 0 spiro atoms. The third-order valence-electron chi connectivity index (χ3n) is 2.55. The van der Waals surface area contributed by atoms with Crippen LogP contribution >= 0.6 is 0 Å². The highest BCUT2D eigenvalue weighted by Crippen LogP contribution is 2.35. The first-order chi connectivity index (χ1) is 7.43. The van der Waals surface area contributed by atoms with Gasteiger partial charge < -0.3 is 9.72 Å². The summed E-state index contributed by atoms with van der Waals surface area (Å²) in [6.07, 6.45) is -4.35. The van der Waals surface area contributed by atoms with Gasteiger partial charge in [0.2, 0.25) is 0 Å².